The Labute approximate surface area is 162 Å². The quantitative estimate of drug-likeness (QED) is 0.775. The predicted molar refractivity (Wildman–Crippen MR) is 106 cm³/mol. The molecule has 1 aromatic carbocycles. The number of sulfonamides is 1. The van der Waals surface area contributed by atoms with Crippen LogP contribution in [0.15, 0.2) is 29.2 Å². The van der Waals surface area contributed by atoms with Crippen molar-refractivity contribution in [1.82, 2.24) is 14.9 Å². The Morgan fingerprint density at radius 2 is 1.67 bits per heavy atom. The fourth-order valence-corrected chi connectivity index (χ4v) is 5.30. The molecule has 2 fully saturated rings. The van der Waals surface area contributed by atoms with E-state index in [2.05, 4.69) is 10.6 Å². The van der Waals surface area contributed by atoms with Gasteiger partial charge in [-0.3, -0.25) is 4.79 Å². The molecule has 0 saturated carbocycles. The molecule has 0 aliphatic carbocycles. The highest BCUT2D eigenvalue weighted by molar-refractivity contribution is 7.89. The third kappa shape index (κ3) is 5.77. The van der Waals surface area contributed by atoms with E-state index in [1.165, 1.54) is 0 Å². The minimum Gasteiger partial charge on any atom is -0.353 e. The highest BCUT2D eigenvalue weighted by atomic mass is 32.2. The Bertz CT molecular complexity index is 704. The van der Waals surface area contributed by atoms with Gasteiger partial charge in [-0.15, -0.1) is 0 Å². The number of rotatable bonds is 6. The van der Waals surface area contributed by atoms with Gasteiger partial charge in [0.05, 0.1) is 4.90 Å². The molecule has 2 N–H and O–H groups in total. The van der Waals surface area contributed by atoms with E-state index >= 15 is 0 Å². The van der Waals surface area contributed by atoms with Crippen LogP contribution >= 0.6 is 0 Å². The van der Waals surface area contributed by atoms with E-state index in [0.29, 0.717) is 30.8 Å². The summed E-state index contributed by atoms with van der Waals surface area (Å²) in [7, 11) is -3.40. The second-order valence-corrected chi connectivity index (χ2v) is 9.49. The molecule has 0 bridgehead atoms. The lowest BCUT2D eigenvalue weighted by atomic mass is 10.1. The zero-order valence-electron chi connectivity index (χ0n) is 16.0. The number of amides is 1. The molecule has 0 aromatic heterocycles. The van der Waals surface area contributed by atoms with Gasteiger partial charge in [-0.25, -0.2) is 8.42 Å². The molecule has 3 rings (SSSR count). The minimum absolute atomic E-state index is 0.0724. The van der Waals surface area contributed by atoms with Gasteiger partial charge in [0.25, 0.3) is 0 Å². The molecule has 27 heavy (non-hydrogen) atoms. The molecule has 6 nitrogen and oxygen atoms in total. The number of carbonyl (C=O) groups is 1. The van der Waals surface area contributed by atoms with Crippen molar-refractivity contribution in [3.8, 4) is 0 Å². The summed E-state index contributed by atoms with van der Waals surface area (Å²) < 4.78 is 27.2. The van der Waals surface area contributed by atoms with Gasteiger partial charge in [-0.05, 0) is 62.9 Å². The normalized spacial score (nSPS) is 20.1. The largest absolute Gasteiger partial charge is 0.353 e. The summed E-state index contributed by atoms with van der Waals surface area (Å²) in [4.78, 5) is 12.5. The molecule has 0 atom stereocenters. The van der Waals surface area contributed by atoms with Crippen LogP contribution in [-0.2, 0) is 21.2 Å². The first-order valence-corrected chi connectivity index (χ1v) is 11.6. The minimum atomic E-state index is -3.40. The van der Waals surface area contributed by atoms with E-state index < -0.39 is 10.0 Å². The molecule has 2 aliphatic heterocycles. The van der Waals surface area contributed by atoms with Gasteiger partial charge in [0.1, 0.15) is 0 Å². The molecule has 0 radical (unpaired) electrons. The zero-order valence-corrected chi connectivity index (χ0v) is 16.8. The van der Waals surface area contributed by atoms with Gasteiger partial charge in [-0.1, -0.05) is 25.0 Å². The third-order valence-electron chi connectivity index (χ3n) is 5.47. The van der Waals surface area contributed by atoms with Crippen LogP contribution in [0, 0.1) is 0 Å². The summed E-state index contributed by atoms with van der Waals surface area (Å²) in [5.41, 5.74) is 0.991. The molecule has 2 saturated heterocycles. The lowest BCUT2D eigenvalue weighted by molar-refractivity contribution is -0.121. The summed E-state index contributed by atoms with van der Waals surface area (Å²) in [6, 6.07) is 7.31. The Morgan fingerprint density at radius 3 is 2.30 bits per heavy atom. The molecule has 2 heterocycles. The molecule has 0 spiro atoms. The van der Waals surface area contributed by atoms with Gasteiger partial charge >= 0.3 is 0 Å². The van der Waals surface area contributed by atoms with Crippen LogP contribution in [0.4, 0.5) is 0 Å². The van der Waals surface area contributed by atoms with E-state index in [0.717, 1.165) is 57.2 Å². The monoisotopic (exact) mass is 393 g/mol. The number of piperidine rings is 1. The number of hydrogen-bond donors (Lipinski definition) is 2. The predicted octanol–water partition coefficient (Wildman–Crippen LogP) is 2.05. The molecular weight excluding hydrogens is 362 g/mol. The molecule has 150 valence electrons. The van der Waals surface area contributed by atoms with Gasteiger partial charge in [-0.2, -0.15) is 4.31 Å². The van der Waals surface area contributed by atoms with E-state index in [-0.39, 0.29) is 11.9 Å². The van der Waals surface area contributed by atoms with E-state index in [4.69, 9.17) is 0 Å². The number of aryl methyl sites for hydroxylation is 1. The van der Waals surface area contributed by atoms with Crippen molar-refractivity contribution in [2.45, 2.75) is 62.3 Å². The Kier molecular flexibility index (Phi) is 7.26. The lowest BCUT2D eigenvalue weighted by Gasteiger charge is -2.23. The summed E-state index contributed by atoms with van der Waals surface area (Å²) in [5, 5.41) is 6.38. The van der Waals surface area contributed by atoms with Gasteiger partial charge in [0.2, 0.25) is 15.9 Å². The molecule has 0 unspecified atom stereocenters. The number of hydrogen-bond acceptors (Lipinski definition) is 4. The number of nitrogens with zero attached hydrogens (tertiary/aromatic N) is 1. The average molecular weight is 394 g/mol. The zero-order chi connectivity index (χ0) is 19.1. The van der Waals surface area contributed by atoms with Crippen molar-refractivity contribution in [3.05, 3.63) is 29.8 Å². The fourth-order valence-electron chi connectivity index (χ4n) is 3.78. The van der Waals surface area contributed by atoms with Crippen molar-refractivity contribution in [2.24, 2.45) is 0 Å². The van der Waals surface area contributed by atoms with E-state index in [9.17, 15) is 13.2 Å². The van der Waals surface area contributed by atoms with Crippen LogP contribution in [-0.4, -0.2) is 50.9 Å². The molecule has 1 amide bonds. The Balaban J connectivity index is 1.52. The van der Waals surface area contributed by atoms with Crippen LogP contribution in [0.5, 0.6) is 0 Å². The van der Waals surface area contributed by atoms with E-state index in [1.807, 2.05) is 12.1 Å². The van der Waals surface area contributed by atoms with Crippen molar-refractivity contribution in [1.29, 1.82) is 0 Å². The summed E-state index contributed by atoms with van der Waals surface area (Å²) >= 11 is 0. The summed E-state index contributed by atoms with van der Waals surface area (Å²) in [6.45, 7) is 3.14. The second kappa shape index (κ2) is 9.66. The fraction of sp³-hybridized carbons (Fsp3) is 0.650. The maximum absolute atomic E-state index is 12.8. The summed E-state index contributed by atoms with van der Waals surface area (Å²) in [5.74, 6) is 0.0724. The van der Waals surface area contributed by atoms with Crippen LogP contribution in [0.2, 0.25) is 0 Å². The van der Waals surface area contributed by atoms with Crippen LogP contribution in [0.3, 0.4) is 0 Å². The average Bonchev–Trinajstić information content (AvgIpc) is 2.98. The van der Waals surface area contributed by atoms with Gasteiger partial charge < -0.3 is 10.6 Å². The van der Waals surface area contributed by atoms with Crippen molar-refractivity contribution < 1.29 is 13.2 Å². The van der Waals surface area contributed by atoms with Crippen LogP contribution in [0.1, 0.15) is 50.5 Å². The number of carbonyl (C=O) groups excluding carboxylic acids is 1. The highest BCUT2D eigenvalue weighted by Crippen LogP contribution is 2.21. The van der Waals surface area contributed by atoms with Gasteiger partial charge in [0.15, 0.2) is 0 Å². The second-order valence-electron chi connectivity index (χ2n) is 7.55. The standard InChI is InChI=1S/C20H31N3O3S/c24-20(22-18-11-13-21-14-12-18)10-7-17-5-8-19(9-6-17)27(25,26)23-15-3-1-2-4-16-23/h5-6,8-9,18,21H,1-4,7,10-16H2,(H,22,24). The Morgan fingerprint density at radius 1 is 1.04 bits per heavy atom. The van der Waals surface area contributed by atoms with Crippen LogP contribution in [0.25, 0.3) is 0 Å². The lowest BCUT2D eigenvalue weighted by Crippen LogP contribution is -2.42. The maximum atomic E-state index is 12.8. The highest BCUT2D eigenvalue weighted by Gasteiger charge is 2.25. The molecule has 7 heteroatoms. The van der Waals surface area contributed by atoms with Crippen molar-refractivity contribution in [3.63, 3.8) is 0 Å². The number of benzene rings is 1. The first kappa shape index (κ1) is 20.3. The topological polar surface area (TPSA) is 78.5 Å². The van der Waals surface area contributed by atoms with E-state index in [1.54, 1.807) is 16.4 Å². The SMILES string of the molecule is O=C(CCc1ccc(S(=O)(=O)N2CCCCCC2)cc1)NC1CCNCC1. The third-order valence-corrected chi connectivity index (χ3v) is 7.38. The number of nitrogens with one attached hydrogen (secondary N) is 2. The molecule has 2 aliphatic rings. The molecular formula is C20H31N3O3S. The van der Waals surface area contributed by atoms with Crippen LogP contribution < -0.4 is 10.6 Å². The maximum Gasteiger partial charge on any atom is 0.243 e. The smallest absolute Gasteiger partial charge is 0.243 e. The van der Waals surface area contributed by atoms with Gasteiger partial charge in [0, 0.05) is 25.6 Å². The van der Waals surface area contributed by atoms with Crippen molar-refractivity contribution >= 4 is 15.9 Å². The Hall–Kier alpha value is -1.44. The van der Waals surface area contributed by atoms with Crippen molar-refractivity contribution in [2.75, 3.05) is 26.2 Å². The first-order valence-electron chi connectivity index (χ1n) is 10.1. The summed E-state index contributed by atoms with van der Waals surface area (Å²) in [6.07, 6.45) is 7.09. The molecule has 1 aromatic rings. The first-order chi connectivity index (χ1) is 13.1.